The van der Waals surface area contributed by atoms with Gasteiger partial charge in [-0.05, 0) is 69.5 Å². The van der Waals surface area contributed by atoms with Crippen LogP contribution in [0.4, 0.5) is 15.8 Å². The molecule has 0 aliphatic carbocycles. The second kappa shape index (κ2) is 11.1. The van der Waals surface area contributed by atoms with Gasteiger partial charge in [0.25, 0.3) is 11.8 Å². The van der Waals surface area contributed by atoms with Gasteiger partial charge in [-0.15, -0.1) is 0 Å². The standard InChI is InChI=1S/C28H34FN5O4/c1-17-22(14-19-18-13-20(29)24(31-25(35)16-38-2)15-23(18)32-27(19)36)30-21-7-6-10-34(28(37)26(17)21)12-11-33-8-4-3-5-9-33/h13-15,30H,3-12,16H2,1-2H3,(H,31,35)(H,32,36). The summed E-state index contributed by atoms with van der Waals surface area (Å²) in [6.07, 6.45) is 7.01. The van der Waals surface area contributed by atoms with Gasteiger partial charge in [0, 0.05) is 43.7 Å². The van der Waals surface area contributed by atoms with Gasteiger partial charge in [0.05, 0.1) is 22.5 Å². The highest BCUT2D eigenvalue weighted by Crippen LogP contribution is 2.37. The van der Waals surface area contributed by atoms with Gasteiger partial charge in [0.15, 0.2) is 0 Å². The number of hydrogen-bond donors (Lipinski definition) is 3. The van der Waals surface area contributed by atoms with Crippen molar-refractivity contribution in [3.8, 4) is 0 Å². The van der Waals surface area contributed by atoms with Crippen molar-refractivity contribution in [3.63, 3.8) is 0 Å². The van der Waals surface area contributed by atoms with Crippen LogP contribution in [0.5, 0.6) is 0 Å². The molecule has 9 nitrogen and oxygen atoms in total. The molecular formula is C28H34FN5O4. The summed E-state index contributed by atoms with van der Waals surface area (Å²) < 4.78 is 19.6. The molecule has 4 heterocycles. The summed E-state index contributed by atoms with van der Waals surface area (Å²) in [5, 5.41) is 5.19. The van der Waals surface area contributed by atoms with Gasteiger partial charge in [-0.2, -0.15) is 0 Å². The van der Waals surface area contributed by atoms with Gasteiger partial charge < -0.3 is 30.2 Å². The molecule has 3 aliphatic heterocycles. The van der Waals surface area contributed by atoms with Crippen LogP contribution in [0.25, 0.3) is 11.6 Å². The summed E-state index contributed by atoms with van der Waals surface area (Å²) in [5.74, 6) is -1.51. The maximum atomic E-state index is 14.8. The van der Waals surface area contributed by atoms with E-state index in [2.05, 4.69) is 20.5 Å². The first-order valence-corrected chi connectivity index (χ1v) is 13.2. The molecule has 0 radical (unpaired) electrons. The number of amides is 3. The van der Waals surface area contributed by atoms with Crippen LogP contribution in [-0.4, -0.2) is 78.9 Å². The van der Waals surface area contributed by atoms with E-state index in [0.717, 1.165) is 50.3 Å². The third kappa shape index (κ3) is 5.23. The van der Waals surface area contributed by atoms with Crippen LogP contribution < -0.4 is 10.6 Å². The Morgan fingerprint density at radius 3 is 2.68 bits per heavy atom. The topological polar surface area (TPSA) is 107 Å². The molecule has 0 spiro atoms. The predicted octanol–water partition coefficient (Wildman–Crippen LogP) is 3.41. The number of benzene rings is 1. The zero-order valence-corrected chi connectivity index (χ0v) is 21.9. The van der Waals surface area contributed by atoms with Crippen molar-refractivity contribution in [2.75, 3.05) is 57.1 Å². The molecule has 3 amide bonds. The molecule has 202 valence electrons. The van der Waals surface area contributed by atoms with Crippen molar-refractivity contribution in [2.24, 2.45) is 0 Å². The monoisotopic (exact) mass is 523 g/mol. The number of anilines is 2. The number of nitrogens with one attached hydrogen (secondary N) is 3. The van der Waals surface area contributed by atoms with Crippen LogP contribution in [0.1, 0.15) is 58.6 Å². The molecule has 38 heavy (non-hydrogen) atoms. The number of piperidine rings is 1. The number of carbonyl (C=O) groups is 3. The van der Waals surface area contributed by atoms with E-state index in [1.165, 1.54) is 38.5 Å². The Bertz CT molecular complexity index is 1290. The fraction of sp³-hybridized carbons (Fsp3) is 0.464. The first kappa shape index (κ1) is 26.1. The van der Waals surface area contributed by atoms with Gasteiger partial charge in [0.1, 0.15) is 12.4 Å². The predicted molar refractivity (Wildman–Crippen MR) is 143 cm³/mol. The number of H-pyrrole nitrogens is 1. The summed E-state index contributed by atoms with van der Waals surface area (Å²) in [4.78, 5) is 46.0. The number of ether oxygens (including phenoxy) is 1. The number of fused-ring (bicyclic) bond motifs is 2. The SMILES string of the molecule is COCC(=O)Nc1cc2c(cc1F)C(=Cc1[nH]c3c(c1C)C(=O)N(CCN1CCCCC1)CCC3)C(=O)N2. The van der Waals surface area contributed by atoms with Crippen LogP contribution >= 0.6 is 0 Å². The van der Waals surface area contributed by atoms with Crippen molar-refractivity contribution in [3.05, 3.63) is 46.0 Å². The lowest BCUT2D eigenvalue weighted by Crippen LogP contribution is -2.40. The van der Waals surface area contributed by atoms with Crippen LogP contribution in [0.15, 0.2) is 12.1 Å². The van der Waals surface area contributed by atoms with Crippen LogP contribution in [0, 0.1) is 12.7 Å². The van der Waals surface area contributed by atoms with E-state index in [1.54, 1.807) is 6.08 Å². The largest absolute Gasteiger partial charge is 0.375 e. The second-order valence-corrected chi connectivity index (χ2v) is 10.2. The number of nitrogens with zero attached hydrogens (tertiary/aromatic N) is 2. The molecule has 10 heteroatoms. The molecular weight excluding hydrogens is 489 g/mol. The molecule has 1 saturated heterocycles. The Morgan fingerprint density at radius 1 is 1.13 bits per heavy atom. The number of hydrogen-bond acceptors (Lipinski definition) is 5. The van der Waals surface area contributed by atoms with Gasteiger partial charge in [0.2, 0.25) is 5.91 Å². The number of likely N-dealkylation sites (tertiary alicyclic amines) is 1. The third-order valence-electron chi connectivity index (χ3n) is 7.59. The Labute approximate surface area is 221 Å². The molecule has 0 unspecified atom stereocenters. The van der Waals surface area contributed by atoms with Crippen molar-refractivity contribution >= 4 is 40.7 Å². The minimum atomic E-state index is -0.658. The number of methoxy groups -OCH3 is 1. The summed E-state index contributed by atoms with van der Waals surface area (Å²) in [5.41, 5.74) is 4.06. The van der Waals surface area contributed by atoms with Gasteiger partial charge >= 0.3 is 0 Å². The van der Waals surface area contributed by atoms with E-state index in [-0.39, 0.29) is 24.1 Å². The van der Waals surface area contributed by atoms with Crippen molar-refractivity contribution in [2.45, 2.75) is 39.0 Å². The number of halogens is 1. The lowest BCUT2D eigenvalue weighted by atomic mass is 10.0. The highest BCUT2D eigenvalue weighted by molar-refractivity contribution is 6.35. The molecule has 0 atom stereocenters. The lowest BCUT2D eigenvalue weighted by molar-refractivity contribution is -0.119. The molecule has 1 fully saturated rings. The van der Waals surface area contributed by atoms with E-state index in [9.17, 15) is 18.8 Å². The van der Waals surface area contributed by atoms with E-state index in [0.29, 0.717) is 34.6 Å². The molecule has 2 aromatic rings. The zero-order valence-electron chi connectivity index (χ0n) is 21.9. The zero-order chi connectivity index (χ0) is 26.8. The van der Waals surface area contributed by atoms with Gasteiger partial charge in [-0.3, -0.25) is 14.4 Å². The Kier molecular flexibility index (Phi) is 7.62. The van der Waals surface area contributed by atoms with Crippen molar-refractivity contribution < 1.29 is 23.5 Å². The van der Waals surface area contributed by atoms with Gasteiger partial charge in [-0.1, -0.05) is 6.42 Å². The summed E-state index contributed by atoms with van der Waals surface area (Å²) >= 11 is 0. The minimum Gasteiger partial charge on any atom is -0.375 e. The van der Waals surface area contributed by atoms with E-state index in [1.807, 2.05) is 11.8 Å². The number of aryl methyl sites for hydroxylation is 1. The Hall–Kier alpha value is -3.50. The molecule has 3 N–H and O–H groups in total. The molecule has 1 aromatic carbocycles. The second-order valence-electron chi connectivity index (χ2n) is 10.2. The van der Waals surface area contributed by atoms with Crippen molar-refractivity contribution in [1.29, 1.82) is 0 Å². The number of rotatable bonds is 7. The van der Waals surface area contributed by atoms with Crippen LogP contribution in [0.3, 0.4) is 0 Å². The highest BCUT2D eigenvalue weighted by Gasteiger charge is 2.30. The van der Waals surface area contributed by atoms with E-state index >= 15 is 0 Å². The Morgan fingerprint density at radius 2 is 1.92 bits per heavy atom. The number of aromatic nitrogens is 1. The smallest absolute Gasteiger partial charge is 0.256 e. The third-order valence-corrected chi connectivity index (χ3v) is 7.59. The number of carbonyl (C=O) groups excluding carboxylic acids is 3. The van der Waals surface area contributed by atoms with E-state index < -0.39 is 11.7 Å². The average Bonchev–Trinajstić information content (AvgIpc) is 3.30. The number of aromatic amines is 1. The van der Waals surface area contributed by atoms with E-state index in [4.69, 9.17) is 4.74 Å². The molecule has 0 bridgehead atoms. The maximum absolute atomic E-state index is 14.8. The molecule has 5 rings (SSSR count). The average molecular weight is 524 g/mol. The first-order chi connectivity index (χ1) is 18.4. The van der Waals surface area contributed by atoms with Crippen LogP contribution in [-0.2, 0) is 20.7 Å². The van der Waals surface area contributed by atoms with Crippen molar-refractivity contribution in [1.82, 2.24) is 14.8 Å². The molecule has 3 aliphatic rings. The minimum absolute atomic E-state index is 0.0201. The highest BCUT2D eigenvalue weighted by atomic mass is 19.1. The quantitative estimate of drug-likeness (QED) is 0.483. The first-order valence-electron chi connectivity index (χ1n) is 13.2. The summed E-state index contributed by atoms with van der Waals surface area (Å²) in [6, 6.07) is 2.63. The summed E-state index contributed by atoms with van der Waals surface area (Å²) in [6.45, 7) is 6.19. The normalized spacial score (nSPS) is 18.8. The fourth-order valence-electron chi connectivity index (χ4n) is 5.58. The molecule has 0 saturated carbocycles. The summed E-state index contributed by atoms with van der Waals surface area (Å²) in [7, 11) is 1.37. The van der Waals surface area contributed by atoms with Crippen LogP contribution in [0.2, 0.25) is 0 Å². The Balaban J connectivity index is 1.39. The maximum Gasteiger partial charge on any atom is 0.256 e. The fourth-order valence-corrected chi connectivity index (χ4v) is 5.58. The molecule has 1 aromatic heterocycles. The van der Waals surface area contributed by atoms with Gasteiger partial charge in [-0.25, -0.2) is 4.39 Å². The lowest BCUT2D eigenvalue weighted by Gasteiger charge is -2.29.